The summed E-state index contributed by atoms with van der Waals surface area (Å²) in [6.45, 7) is 3.36. The van der Waals surface area contributed by atoms with Crippen LogP contribution in [0.15, 0.2) is 42.5 Å². The van der Waals surface area contributed by atoms with Crippen LogP contribution in [-0.4, -0.2) is 24.0 Å². The number of halogens is 2. The van der Waals surface area contributed by atoms with Crippen LogP contribution in [0, 0.1) is 11.6 Å². The summed E-state index contributed by atoms with van der Waals surface area (Å²) in [5, 5.41) is 0. The minimum atomic E-state index is -1.08. The van der Waals surface area contributed by atoms with Crippen LogP contribution in [0.25, 0.3) is 0 Å². The van der Waals surface area contributed by atoms with Gasteiger partial charge in [0.15, 0.2) is 6.10 Å². The zero-order chi connectivity index (χ0) is 18.1. The van der Waals surface area contributed by atoms with Crippen LogP contribution in [0.5, 0.6) is 0 Å². The van der Waals surface area contributed by atoms with E-state index in [1.165, 1.54) is 6.92 Å². The first-order valence-electron chi connectivity index (χ1n) is 7.95. The van der Waals surface area contributed by atoms with Crippen LogP contribution in [0.4, 0.5) is 14.5 Å². The van der Waals surface area contributed by atoms with Crippen molar-refractivity contribution in [3.8, 4) is 0 Å². The normalized spacial score (nSPS) is 17.1. The standard InChI is InChI=1S/C19H17F2NO3/c1-11-7-13-5-3-4-6-17(13)22(11)18(23)12(2)25-19(24)14-8-15(20)10-16(21)9-14/h3-6,8-12H,7H2,1-2H3/t11-,12+/m1/s1. The van der Waals surface area contributed by atoms with E-state index in [-0.39, 0.29) is 17.5 Å². The fraction of sp³-hybridized carbons (Fsp3) is 0.263. The lowest BCUT2D eigenvalue weighted by molar-refractivity contribution is -0.126. The van der Waals surface area contributed by atoms with Crippen molar-refractivity contribution < 1.29 is 23.1 Å². The molecule has 0 aliphatic carbocycles. The lowest BCUT2D eigenvalue weighted by atomic mass is 10.1. The van der Waals surface area contributed by atoms with Crippen LogP contribution in [0.3, 0.4) is 0 Å². The smallest absolute Gasteiger partial charge is 0.339 e. The second-order valence-corrected chi connectivity index (χ2v) is 6.10. The number of carbonyl (C=O) groups is 2. The quantitative estimate of drug-likeness (QED) is 0.800. The Kier molecular flexibility index (Phi) is 4.53. The molecule has 0 saturated heterocycles. The average Bonchev–Trinajstić information content (AvgIpc) is 2.88. The van der Waals surface area contributed by atoms with Crippen LogP contribution in [-0.2, 0) is 16.0 Å². The summed E-state index contributed by atoms with van der Waals surface area (Å²) in [5.74, 6) is -3.08. The lowest BCUT2D eigenvalue weighted by Crippen LogP contribution is -2.43. The number of anilines is 1. The van der Waals surface area contributed by atoms with Crippen molar-refractivity contribution in [2.45, 2.75) is 32.4 Å². The summed E-state index contributed by atoms with van der Waals surface area (Å²) in [7, 11) is 0. The van der Waals surface area contributed by atoms with Gasteiger partial charge >= 0.3 is 5.97 Å². The van der Waals surface area contributed by atoms with Gasteiger partial charge in [-0.05, 0) is 44.0 Å². The van der Waals surface area contributed by atoms with Crippen molar-refractivity contribution in [1.29, 1.82) is 0 Å². The van der Waals surface area contributed by atoms with Gasteiger partial charge in [-0.25, -0.2) is 13.6 Å². The first-order valence-corrected chi connectivity index (χ1v) is 7.95. The summed E-state index contributed by atoms with van der Waals surface area (Å²) < 4.78 is 31.6. The van der Waals surface area contributed by atoms with Gasteiger partial charge in [-0.15, -0.1) is 0 Å². The van der Waals surface area contributed by atoms with E-state index < -0.39 is 23.7 Å². The van der Waals surface area contributed by atoms with Crippen molar-refractivity contribution in [2.75, 3.05) is 4.90 Å². The highest BCUT2D eigenvalue weighted by Crippen LogP contribution is 2.32. The van der Waals surface area contributed by atoms with Crippen molar-refractivity contribution in [3.63, 3.8) is 0 Å². The molecule has 1 aliphatic heterocycles. The Bertz CT molecular complexity index is 817. The number of amides is 1. The Hall–Kier alpha value is -2.76. The van der Waals surface area contributed by atoms with Gasteiger partial charge in [0.05, 0.1) is 5.56 Å². The number of hydrogen-bond donors (Lipinski definition) is 0. The van der Waals surface area contributed by atoms with E-state index in [9.17, 15) is 18.4 Å². The molecule has 1 heterocycles. The summed E-state index contributed by atoms with van der Waals surface area (Å²) in [6, 6.07) is 9.88. The molecule has 0 radical (unpaired) electrons. The molecule has 6 heteroatoms. The van der Waals surface area contributed by atoms with Crippen molar-refractivity contribution in [1.82, 2.24) is 0 Å². The number of rotatable bonds is 3. The maximum Gasteiger partial charge on any atom is 0.339 e. The third-order valence-corrected chi connectivity index (χ3v) is 4.17. The number of para-hydroxylation sites is 1. The van der Waals surface area contributed by atoms with Crippen molar-refractivity contribution in [3.05, 3.63) is 65.2 Å². The van der Waals surface area contributed by atoms with Gasteiger partial charge in [-0.2, -0.15) is 0 Å². The molecule has 0 bridgehead atoms. The SMILES string of the molecule is C[C@H](OC(=O)c1cc(F)cc(F)c1)C(=O)N1c2ccccc2C[C@H]1C. The zero-order valence-electron chi connectivity index (χ0n) is 13.8. The highest BCUT2D eigenvalue weighted by Gasteiger charge is 2.34. The molecule has 2 atom stereocenters. The number of benzene rings is 2. The van der Waals surface area contributed by atoms with Crippen molar-refractivity contribution >= 4 is 17.6 Å². The highest BCUT2D eigenvalue weighted by molar-refractivity contribution is 6.00. The fourth-order valence-corrected chi connectivity index (χ4v) is 3.05. The number of nitrogens with zero attached hydrogens (tertiary/aromatic N) is 1. The van der Waals surface area contributed by atoms with E-state index in [1.54, 1.807) is 4.90 Å². The van der Waals surface area contributed by atoms with Crippen LogP contribution in [0.2, 0.25) is 0 Å². The summed E-state index contributed by atoms with van der Waals surface area (Å²) in [4.78, 5) is 26.4. The third kappa shape index (κ3) is 3.38. The van der Waals surface area contributed by atoms with Crippen LogP contribution >= 0.6 is 0 Å². The molecule has 0 spiro atoms. The topological polar surface area (TPSA) is 46.6 Å². The molecule has 25 heavy (non-hydrogen) atoms. The molecule has 0 saturated carbocycles. The number of esters is 1. The van der Waals surface area contributed by atoms with E-state index in [1.807, 2.05) is 31.2 Å². The fourth-order valence-electron chi connectivity index (χ4n) is 3.05. The van der Waals surface area contributed by atoms with Gasteiger partial charge in [-0.1, -0.05) is 18.2 Å². The molecule has 2 aromatic carbocycles. The van der Waals surface area contributed by atoms with Gasteiger partial charge < -0.3 is 9.64 Å². The van der Waals surface area contributed by atoms with Gasteiger partial charge in [0.25, 0.3) is 5.91 Å². The largest absolute Gasteiger partial charge is 0.449 e. The minimum Gasteiger partial charge on any atom is -0.449 e. The molecule has 0 N–H and O–H groups in total. The Morgan fingerprint density at radius 1 is 1.16 bits per heavy atom. The molecule has 2 aromatic rings. The molecular formula is C19H17F2NO3. The van der Waals surface area contributed by atoms with E-state index >= 15 is 0 Å². The maximum atomic E-state index is 13.2. The molecule has 3 rings (SSSR count). The number of carbonyl (C=O) groups excluding carboxylic acids is 2. The van der Waals surface area contributed by atoms with Gasteiger partial charge in [0, 0.05) is 17.8 Å². The molecule has 1 aliphatic rings. The Morgan fingerprint density at radius 3 is 2.48 bits per heavy atom. The van der Waals surface area contributed by atoms with E-state index in [2.05, 4.69) is 0 Å². The second-order valence-electron chi connectivity index (χ2n) is 6.10. The third-order valence-electron chi connectivity index (χ3n) is 4.17. The Morgan fingerprint density at radius 2 is 1.80 bits per heavy atom. The second kappa shape index (κ2) is 6.63. The Labute approximate surface area is 144 Å². The summed E-state index contributed by atoms with van der Waals surface area (Å²) in [5.41, 5.74) is 1.57. The first-order chi connectivity index (χ1) is 11.9. The van der Waals surface area contributed by atoms with Gasteiger partial charge in [0.2, 0.25) is 0 Å². The highest BCUT2D eigenvalue weighted by atomic mass is 19.1. The van der Waals surface area contributed by atoms with E-state index in [0.29, 0.717) is 6.07 Å². The van der Waals surface area contributed by atoms with Crippen LogP contribution in [0.1, 0.15) is 29.8 Å². The summed E-state index contributed by atoms with van der Waals surface area (Å²) >= 11 is 0. The zero-order valence-corrected chi connectivity index (χ0v) is 13.8. The van der Waals surface area contributed by atoms with Crippen molar-refractivity contribution in [2.24, 2.45) is 0 Å². The predicted molar refractivity (Wildman–Crippen MR) is 88.3 cm³/mol. The van der Waals surface area contributed by atoms with E-state index in [4.69, 9.17) is 4.74 Å². The maximum absolute atomic E-state index is 13.2. The molecule has 4 nitrogen and oxygen atoms in total. The molecule has 0 aromatic heterocycles. The molecule has 130 valence electrons. The number of hydrogen-bond acceptors (Lipinski definition) is 3. The Balaban J connectivity index is 1.76. The summed E-state index contributed by atoms with van der Waals surface area (Å²) in [6.07, 6.45) is -0.357. The monoisotopic (exact) mass is 345 g/mol. The molecular weight excluding hydrogens is 328 g/mol. The minimum absolute atomic E-state index is 0.0577. The van der Waals surface area contributed by atoms with E-state index in [0.717, 1.165) is 29.8 Å². The lowest BCUT2D eigenvalue weighted by Gasteiger charge is -2.25. The first kappa shape index (κ1) is 17.1. The van der Waals surface area contributed by atoms with Crippen LogP contribution < -0.4 is 4.90 Å². The molecule has 0 unspecified atom stereocenters. The number of ether oxygens (including phenoxy) is 1. The van der Waals surface area contributed by atoms with Gasteiger partial charge in [-0.3, -0.25) is 4.79 Å². The number of fused-ring (bicyclic) bond motifs is 1. The molecule has 1 amide bonds. The van der Waals surface area contributed by atoms with Gasteiger partial charge in [0.1, 0.15) is 11.6 Å². The predicted octanol–water partition coefficient (Wildman–Crippen LogP) is 3.49. The molecule has 0 fully saturated rings. The average molecular weight is 345 g/mol.